The van der Waals surface area contributed by atoms with Gasteiger partial charge in [0.25, 0.3) is 0 Å². The van der Waals surface area contributed by atoms with Crippen LogP contribution in [0.4, 0.5) is 4.39 Å². The zero-order chi connectivity index (χ0) is 14.6. The molecule has 1 rings (SSSR count). The SMILES string of the molecule is CC(C)CCNS(=O)(=O)c1cc(F)c(Cl)c(CN)c1. The van der Waals surface area contributed by atoms with Gasteiger partial charge in [-0.25, -0.2) is 17.5 Å². The van der Waals surface area contributed by atoms with Gasteiger partial charge < -0.3 is 5.73 Å². The molecular weight excluding hydrogens is 291 g/mol. The summed E-state index contributed by atoms with van der Waals surface area (Å²) in [5.41, 5.74) is 5.67. The Morgan fingerprint density at radius 2 is 2.05 bits per heavy atom. The van der Waals surface area contributed by atoms with Gasteiger partial charge in [0, 0.05) is 13.1 Å². The van der Waals surface area contributed by atoms with Crippen molar-refractivity contribution < 1.29 is 12.8 Å². The molecule has 0 bridgehead atoms. The number of hydrogen-bond donors (Lipinski definition) is 2. The predicted octanol–water partition coefficient (Wildman–Crippen LogP) is 2.26. The Balaban J connectivity index is 2.98. The maximum absolute atomic E-state index is 13.5. The van der Waals surface area contributed by atoms with E-state index in [0.717, 1.165) is 6.07 Å². The van der Waals surface area contributed by atoms with Gasteiger partial charge in [0.2, 0.25) is 10.0 Å². The van der Waals surface area contributed by atoms with Crippen molar-refractivity contribution in [3.8, 4) is 0 Å². The Labute approximate surface area is 118 Å². The van der Waals surface area contributed by atoms with Crippen LogP contribution >= 0.6 is 11.6 Å². The standard InChI is InChI=1S/C12H18ClFN2O2S/c1-8(2)3-4-16-19(17,18)10-5-9(7-15)12(13)11(14)6-10/h5-6,8,16H,3-4,7,15H2,1-2H3. The zero-order valence-electron chi connectivity index (χ0n) is 10.9. The van der Waals surface area contributed by atoms with Crippen LogP contribution in [0.3, 0.4) is 0 Å². The first-order chi connectivity index (χ1) is 8.77. The Bertz CT molecular complexity index is 547. The predicted molar refractivity (Wildman–Crippen MR) is 73.9 cm³/mol. The average molecular weight is 309 g/mol. The third-order valence-electron chi connectivity index (χ3n) is 2.62. The van der Waals surface area contributed by atoms with Crippen molar-refractivity contribution >= 4 is 21.6 Å². The molecule has 7 heteroatoms. The Kier molecular flexibility index (Phi) is 5.73. The lowest BCUT2D eigenvalue weighted by Gasteiger charge is -2.10. The van der Waals surface area contributed by atoms with Gasteiger partial charge in [-0.1, -0.05) is 25.4 Å². The van der Waals surface area contributed by atoms with Gasteiger partial charge in [0.05, 0.1) is 9.92 Å². The van der Waals surface area contributed by atoms with Crippen LogP contribution in [-0.4, -0.2) is 15.0 Å². The van der Waals surface area contributed by atoms with Crippen LogP contribution in [0.1, 0.15) is 25.8 Å². The van der Waals surface area contributed by atoms with Crippen LogP contribution in [0.5, 0.6) is 0 Å². The smallest absolute Gasteiger partial charge is 0.240 e. The van der Waals surface area contributed by atoms with Gasteiger partial charge in [-0.05, 0) is 30.0 Å². The van der Waals surface area contributed by atoms with E-state index < -0.39 is 15.8 Å². The molecule has 0 saturated carbocycles. The number of hydrogen-bond acceptors (Lipinski definition) is 3. The monoisotopic (exact) mass is 308 g/mol. The molecule has 0 aliphatic rings. The summed E-state index contributed by atoms with van der Waals surface area (Å²) in [6.07, 6.45) is 0.707. The second kappa shape index (κ2) is 6.65. The Morgan fingerprint density at radius 3 is 2.58 bits per heavy atom. The molecule has 0 radical (unpaired) electrons. The highest BCUT2D eigenvalue weighted by Crippen LogP contribution is 2.24. The maximum atomic E-state index is 13.5. The van der Waals surface area contributed by atoms with Crippen LogP contribution < -0.4 is 10.5 Å². The Morgan fingerprint density at radius 1 is 1.42 bits per heavy atom. The normalized spacial score (nSPS) is 12.1. The molecular formula is C12H18ClFN2O2S. The van der Waals surface area contributed by atoms with Gasteiger partial charge in [-0.3, -0.25) is 0 Å². The van der Waals surface area contributed by atoms with Gasteiger partial charge in [0.1, 0.15) is 5.82 Å². The Hall–Kier alpha value is -0.690. The molecule has 0 fully saturated rings. The summed E-state index contributed by atoms with van der Waals surface area (Å²) in [6.45, 7) is 4.26. The highest BCUT2D eigenvalue weighted by molar-refractivity contribution is 7.89. The second-order valence-electron chi connectivity index (χ2n) is 4.66. The van der Waals surface area contributed by atoms with Crippen molar-refractivity contribution in [2.45, 2.75) is 31.7 Å². The van der Waals surface area contributed by atoms with Crippen molar-refractivity contribution in [2.75, 3.05) is 6.54 Å². The molecule has 0 unspecified atom stereocenters. The molecule has 0 spiro atoms. The van der Waals surface area contributed by atoms with E-state index >= 15 is 0 Å². The van der Waals surface area contributed by atoms with E-state index in [0.29, 0.717) is 18.9 Å². The lowest BCUT2D eigenvalue weighted by molar-refractivity contribution is 0.550. The van der Waals surface area contributed by atoms with Crippen molar-refractivity contribution in [1.82, 2.24) is 4.72 Å². The van der Waals surface area contributed by atoms with Crippen molar-refractivity contribution in [3.05, 3.63) is 28.5 Å². The first kappa shape index (κ1) is 16.4. The number of benzene rings is 1. The fourth-order valence-corrected chi connectivity index (χ4v) is 2.78. The number of nitrogens with two attached hydrogens (primary N) is 1. The van der Waals surface area contributed by atoms with Gasteiger partial charge in [-0.2, -0.15) is 0 Å². The van der Waals surface area contributed by atoms with Crippen LogP contribution in [0.25, 0.3) is 0 Å². The molecule has 0 aromatic heterocycles. The minimum atomic E-state index is -3.73. The molecule has 0 amide bonds. The average Bonchev–Trinajstić information content (AvgIpc) is 2.31. The minimum Gasteiger partial charge on any atom is -0.326 e. The number of rotatable bonds is 6. The third-order valence-corrected chi connectivity index (χ3v) is 4.48. The lowest BCUT2D eigenvalue weighted by atomic mass is 10.1. The molecule has 0 saturated heterocycles. The second-order valence-corrected chi connectivity index (χ2v) is 6.81. The van der Waals surface area contributed by atoms with Crippen LogP contribution in [-0.2, 0) is 16.6 Å². The summed E-state index contributed by atoms with van der Waals surface area (Å²) in [5, 5.41) is -0.136. The van der Waals surface area contributed by atoms with E-state index in [1.807, 2.05) is 13.8 Å². The fourth-order valence-electron chi connectivity index (χ4n) is 1.49. The van der Waals surface area contributed by atoms with Crippen LogP contribution in [0.2, 0.25) is 5.02 Å². The highest BCUT2D eigenvalue weighted by atomic mass is 35.5. The molecule has 0 aliphatic carbocycles. The van der Waals surface area contributed by atoms with E-state index in [2.05, 4.69) is 4.72 Å². The molecule has 1 aromatic carbocycles. The third kappa shape index (κ3) is 4.42. The van der Waals surface area contributed by atoms with Crippen LogP contribution in [0.15, 0.2) is 17.0 Å². The largest absolute Gasteiger partial charge is 0.326 e. The lowest BCUT2D eigenvalue weighted by Crippen LogP contribution is -2.26. The van der Waals surface area contributed by atoms with Gasteiger partial charge in [-0.15, -0.1) is 0 Å². The van der Waals surface area contributed by atoms with E-state index in [1.54, 1.807) is 0 Å². The van der Waals surface area contributed by atoms with E-state index in [9.17, 15) is 12.8 Å². The first-order valence-electron chi connectivity index (χ1n) is 5.95. The topological polar surface area (TPSA) is 72.2 Å². The summed E-state index contributed by atoms with van der Waals surface area (Å²) in [4.78, 5) is -0.154. The molecule has 1 aromatic rings. The van der Waals surface area contributed by atoms with Gasteiger partial charge >= 0.3 is 0 Å². The van der Waals surface area contributed by atoms with Crippen molar-refractivity contribution in [3.63, 3.8) is 0 Å². The minimum absolute atomic E-state index is 0.0227. The fraction of sp³-hybridized carbons (Fsp3) is 0.500. The quantitative estimate of drug-likeness (QED) is 0.846. The van der Waals surface area contributed by atoms with E-state index in [-0.39, 0.29) is 22.0 Å². The molecule has 108 valence electrons. The molecule has 3 N–H and O–H groups in total. The molecule has 0 atom stereocenters. The van der Waals surface area contributed by atoms with Crippen molar-refractivity contribution in [2.24, 2.45) is 11.7 Å². The van der Waals surface area contributed by atoms with E-state index in [4.69, 9.17) is 17.3 Å². The summed E-state index contributed by atoms with van der Waals surface area (Å²) >= 11 is 5.69. The maximum Gasteiger partial charge on any atom is 0.240 e. The number of nitrogens with one attached hydrogen (secondary N) is 1. The van der Waals surface area contributed by atoms with Crippen molar-refractivity contribution in [1.29, 1.82) is 0 Å². The summed E-state index contributed by atoms with van der Waals surface area (Å²) in [6, 6.07) is 2.20. The molecule has 19 heavy (non-hydrogen) atoms. The molecule has 0 aliphatic heterocycles. The summed E-state index contributed by atoms with van der Waals surface area (Å²) < 4.78 is 39.9. The highest BCUT2D eigenvalue weighted by Gasteiger charge is 2.18. The molecule has 0 heterocycles. The first-order valence-corrected chi connectivity index (χ1v) is 7.81. The number of sulfonamides is 1. The number of halogens is 2. The molecule has 4 nitrogen and oxygen atoms in total. The van der Waals surface area contributed by atoms with E-state index in [1.165, 1.54) is 6.07 Å². The van der Waals surface area contributed by atoms with Crippen LogP contribution in [0, 0.1) is 11.7 Å². The van der Waals surface area contributed by atoms with Gasteiger partial charge in [0.15, 0.2) is 0 Å². The zero-order valence-corrected chi connectivity index (χ0v) is 12.5. The summed E-state index contributed by atoms with van der Waals surface area (Å²) in [5.74, 6) is -0.405. The summed E-state index contributed by atoms with van der Waals surface area (Å²) in [7, 11) is -3.73.